The van der Waals surface area contributed by atoms with Gasteiger partial charge in [0.2, 0.25) is 0 Å². The third kappa shape index (κ3) is 4.31. The van der Waals surface area contributed by atoms with Crippen LogP contribution >= 0.6 is 23.2 Å². The minimum Gasteiger partial charge on any atom is -0.482 e. The molecule has 0 aliphatic heterocycles. The first-order valence-electron chi connectivity index (χ1n) is 5.92. The van der Waals surface area contributed by atoms with Gasteiger partial charge in [0.05, 0.1) is 5.02 Å². The zero-order chi connectivity index (χ0) is 16.2. The Morgan fingerprint density at radius 2 is 1.95 bits per heavy atom. The first-order valence-corrected chi connectivity index (χ1v) is 6.68. The van der Waals surface area contributed by atoms with Crippen molar-refractivity contribution >= 4 is 23.2 Å². The molecular weight excluding hydrogens is 316 g/mol. The first-order chi connectivity index (χ1) is 9.77. The van der Waals surface area contributed by atoms with E-state index in [0.717, 1.165) is 0 Å². The second-order valence-electron chi connectivity index (χ2n) is 4.18. The van der Waals surface area contributed by atoms with Crippen molar-refractivity contribution in [3.63, 3.8) is 0 Å². The predicted molar refractivity (Wildman–Crippen MR) is 83.8 cm³/mol. The zero-order valence-electron chi connectivity index (χ0n) is 11.4. The Morgan fingerprint density at radius 3 is 2.48 bits per heavy atom. The van der Waals surface area contributed by atoms with E-state index in [0.29, 0.717) is 11.3 Å². The standard InChI is InChI=1S/C14H16Cl2FN3O/c1-3-8(18)6-11(14(19)20)21-7(2)12-9(15)4-5-10(17)13(12)16/h3-7H,1,18-20H2,2H3/b8-6+. The van der Waals surface area contributed by atoms with Gasteiger partial charge in [-0.05, 0) is 25.1 Å². The Labute approximate surface area is 132 Å². The average molecular weight is 332 g/mol. The van der Waals surface area contributed by atoms with E-state index in [2.05, 4.69) is 6.58 Å². The van der Waals surface area contributed by atoms with Crippen molar-refractivity contribution in [2.24, 2.45) is 17.2 Å². The molecule has 0 saturated heterocycles. The van der Waals surface area contributed by atoms with Crippen molar-refractivity contribution in [3.8, 4) is 0 Å². The summed E-state index contributed by atoms with van der Waals surface area (Å²) in [7, 11) is 0. The van der Waals surface area contributed by atoms with Crippen molar-refractivity contribution in [1.82, 2.24) is 0 Å². The van der Waals surface area contributed by atoms with Crippen LogP contribution in [-0.4, -0.2) is 0 Å². The van der Waals surface area contributed by atoms with E-state index in [1.165, 1.54) is 24.3 Å². The molecule has 1 aromatic carbocycles. The summed E-state index contributed by atoms with van der Waals surface area (Å²) in [6.07, 6.45) is 2.12. The summed E-state index contributed by atoms with van der Waals surface area (Å²) in [6, 6.07) is 2.56. The SMILES string of the molecule is C=C/C(N)=C\C(OC(C)c1c(Cl)ccc(F)c1Cl)=C(N)N. The van der Waals surface area contributed by atoms with Gasteiger partial charge in [0, 0.05) is 22.4 Å². The molecular formula is C14H16Cl2FN3O. The van der Waals surface area contributed by atoms with Crippen LogP contribution < -0.4 is 17.2 Å². The van der Waals surface area contributed by atoms with Crippen LogP contribution in [0.3, 0.4) is 0 Å². The van der Waals surface area contributed by atoms with E-state index in [1.54, 1.807) is 6.92 Å². The van der Waals surface area contributed by atoms with E-state index in [1.807, 2.05) is 0 Å². The zero-order valence-corrected chi connectivity index (χ0v) is 12.9. The molecule has 21 heavy (non-hydrogen) atoms. The van der Waals surface area contributed by atoms with Crippen LogP contribution in [0.25, 0.3) is 0 Å². The van der Waals surface area contributed by atoms with Crippen LogP contribution in [0, 0.1) is 5.82 Å². The van der Waals surface area contributed by atoms with E-state index in [4.69, 9.17) is 45.1 Å². The Hall–Kier alpha value is -1.85. The minimum absolute atomic E-state index is 0.0877. The van der Waals surface area contributed by atoms with E-state index in [-0.39, 0.29) is 21.6 Å². The van der Waals surface area contributed by atoms with Crippen LogP contribution in [-0.2, 0) is 4.74 Å². The number of halogens is 3. The highest BCUT2D eigenvalue weighted by Crippen LogP contribution is 2.35. The lowest BCUT2D eigenvalue weighted by Gasteiger charge is -2.19. The average Bonchev–Trinajstić information content (AvgIpc) is 2.42. The molecule has 1 rings (SSSR count). The topological polar surface area (TPSA) is 87.3 Å². The molecule has 114 valence electrons. The largest absolute Gasteiger partial charge is 0.482 e. The van der Waals surface area contributed by atoms with Crippen LogP contribution in [0.1, 0.15) is 18.6 Å². The van der Waals surface area contributed by atoms with Crippen LogP contribution in [0.5, 0.6) is 0 Å². The Morgan fingerprint density at radius 1 is 1.33 bits per heavy atom. The maximum Gasteiger partial charge on any atom is 0.161 e. The van der Waals surface area contributed by atoms with Gasteiger partial charge in [-0.3, -0.25) is 0 Å². The maximum atomic E-state index is 13.5. The number of benzene rings is 1. The monoisotopic (exact) mass is 331 g/mol. The minimum atomic E-state index is -0.688. The molecule has 0 aliphatic carbocycles. The summed E-state index contributed by atoms with van der Waals surface area (Å²) in [6.45, 7) is 5.14. The fourth-order valence-corrected chi connectivity index (χ4v) is 2.24. The van der Waals surface area contributed by atoms with Gasteiger partial charge >= 0.3 is 0 Å². The number of hydrogen-bond donors (Lipinski definition) is 3. The van der Waals surface area contributed by atoms with Crippen molar-refractivity contribution in [2.75, 3.05) is 0 Å². The lowest BCUT2D eigenvalue weighted by Crippen LogP contribution is -2.15. The quantitative estimate of drug-likeness (QED) is 0.438. The molecule has 0 aliphatic rings. The van der Waals surface area contributed by atoms with E-state index < -0.39 is 11.9 Å². The van der Waals surface area contributed by atoms with Gasteiger partial charge in [-0.1, -0.05) is 29.8 Å². The number of allylic oxidation sites excluding steroid dienone is 2. The lowest BCUT2D eigenvalue weighted by atomic mass is 10.1. The van der Waals surface area contributed by atoms with Crippen LogP contribution in [0.15, 0.2) is 48.1 Å². The molecule has 0 aromatic heterocycles. The summed E-state index contributed by atoms with van der Waals surface area (Å²) in [4.78, 5) is 0. The first kappa shape index (κ1) is 17.2. The molecule has 1 aromatic rings. The van der Waals surface area contributed by atoms with Gasteiger partial charge in [0.15, 0.2) is 5.76 Å². The molecule has 0 radical (unpaired) electrons. The van der Waals surface area contributed by atoms with Gasteiger partial charge < -0.3 is 21.9 Å². The van der Waals surface area contributed by atoms with Crippen molar-refractivity contribution in [1.29, 1.82) is 0 Å². The summed E-state index contributed by atoms with van der Waals surface area (Å²) in [5.41, 5.74) is 17.3. The lowest BCUT2D eigenvalue weighted by molar-refractivity contribution is 0.139. The van der Waals surface area contributed by atoms with Gasteiger partial charge in [0.1, 0.15) is 17.7 Å². The number of ether oxygens (including phenoxy) is 1. The Balaban J connectivity index is 3.16. The van der Waals surface area contributed by atoms with Gasteiger partial charge in [-0.25, -0.2) is 4.39 Å². The molecule has 0 spiro atoms. The van der Waals surface area contributed by atoms with Crippen LogP contribution in [0.2, 0.25) is 10.0 Å². The fraction of sp³-hybridized carbons (Fsp3) is 0.143. The molecule has 0 amide bonds. The highest BCUT2D eigenvalue weighted by atomic mass is 35.5. The Kier molecular flexibility index (Phi) is 5.93. The highest BCUT2D eigenvalue weighted by Gasteiger charge is 2.19. The second kappa shape index (κ2) is 7.24. The number of hydrogen-bond acceptors (Lipinski definition) is 4. The number of rotatable bonds is 5. The molecule has 1 atom stereocenters. The molecule has 0 heterocycles. The van der Waals surface area contributed by atoms with Gasteiger partial charge in [0.25, 0.3) is 0 Å². The second-order valence-corrected chi connectivity index (χ2v) is 4.97. The fourth-order valence-electron chi connectivity index (χ4n) is 1.56. The molecule has 7 heteroatoms. The van der Waals surface area contributed by atoms with E-state index in [9.17, 15) is 4.39 Å². The van der Waals surface area contributed by atoms with Gasteiger partial charge in [-0.15, -0.1) is 0 Å². The molecule has 6 N–H and O–H groups in total. The maximum absolute atomic E-state index is 13.5. The van der Waals surface area contributed by atoms with Gasteiger partial charge in [-0.2, -0.15) is 0 Å². The predicted octanol–water partition coefficient (Wildman–Crippen LogP) is 3.33. The van der Waals surface area contributed by atoms with Crippen molar-refractivity contribution in [3.05, 3.63) is 69.6 Å². The summed E-state index contributed by atoms with van der Waals surface area (Å²) >= 11 is 11.9. The molecule has 1 unspecified atom stereocenters. The molecule has 0 saturated carbocycles. The highest BCUT2D eigenvalue weighted by molar-refractivity contribution is 6.36. The summed E-state index contributed by atoms with van der Waals surface area (Å²) in [5.74, 6) is -0.564. The third-order valence-corrected chi connectivity index (χ3v) is 3.32. The number of nitrogens with two attached hydrogens (primary N) is 3. The van der Waals surface area contributed by atoms with Crippen molar-refractivity contribution in [2.45, 2.75) is 13.0 Å². The third-order valence-electron chi connectivity index (χ3n) is 2.61. The summed E-state index contributed by atoms with van der Waals surface area (Å²) < 4.78 is 19.1. The molecule has 4 nitrogen and oxygen atoms in total. The Bertz CT molecular complexity index is 610. The van der Waals surface area contributed by atoms with Crippen molar-refractivity contribution < 1.29 is 9.13 Å². The van der Waals surface area contributed by atoms with Crippen LogP contribution in [0.4, 0.5) is 4.39 Å². The molecule has 0 fully saturated rings. The normalized spacial score (nSPS) is 12.7. The smallest absolute Gasteiger partial charge is 0.161 e. The van der Waals surface area contributed by atoms with E-state index >= 15 is 0 Å². The molecule has 0 bridgehead atoms. The summed E-state index contributed by atoms with van der Waals surface area (Å²) in [5, 5.41) is 0.148.